The molecule has 0 saturated heterocycles. The number of aryl methyl sites for hydroxylation is 1. The van der Waals surface area contributed by atoms with Gasteiger partial charge in [-0.1, -0.05) is 18.2 Å². The van der Waals surface area contributed by atoms with Gasteiger partial charge in [-0.15, -0.1) is 0 Å². The third-order valence-corrected chi connectivity index (χ3v) is 3.97. The van der Waals surface area contributed by atoms with E-state index in [1.54, 1.807) is 32.4 Å². The van der Waals surface area contributed by atoms with Gasteiger partial charge in [0.25, 0.3) is 5.91 Å². The van der Waals surface area contributed by atoms with Crippen molar-refractivity contribution in [1.82, 2.24) is 4.98 Å². The van der Waals surface area contributed by atoms with Gasteiger partial charge in [-0.2, -0.15) is 0 Å². The number of carbonyl (C=O) groups excluding carboxylic acids is 1. The average Bonchev–Trinajstić information content (AvgIpc) is 2.64. The van der Waals surface area contributed by atoms with Crippen LogP contribution in [0, 0.1) is 6.92 Å². The van der Waals surface area contributed by atoms with Crippen molar-refractivity contribution in [2.75, 3.05) is 12.4 Å². The maximum Gasteiger partial charge on any atom is 0.265 e. The van der Waals surface area contributed by atoms with Gasteiger partial charge in [0.15, 0.2) is 17.6 Å². The number of para-hydroxylation sites is 2. The SMILES string of the molecule is COc1ccccc1OC(C)C(=O)Nc1ccc(C)c2ncccc12. The van der Waals surface area contributed by atoms with Gasteiger partial charge in [-0.3, -0.25) is 9.78 Å². The van der Waals surface area contributed by atoms with Crippen molar-refractivity contribution >= 4 is 22.5 Å². The Morgan fingerprint density at radius 1 is 1.08 bits per heavy atom. The van der Waals surface area contributed by atoms with E-state index in [-0.39, 0.29) is 5.91 Å². The van der Waals surface area contributed by atoms with Crippen LogP contribution in [0.5, 0.6) is 11.5 Å². The number of carbonyl (C=O) groups is 1. The molecule has 0 radical (unpaired) electrons. The summed E-state index contributed by atoms with van der Waals surface area (Å²) in [5, 5.41) is 3.83. The molecule has 0 bridgehead atoms. The minimum absolute atomic E-state index is 0.236. The summed E-state index contributed by atoms with van der Waals surface area (Å²) < 4.78 is 11.0. The molecule has 1 aromatic heterocycles. The molecule has 25 heavy (non-hydrogen) atoms. The van der Waals surface area contributed by atoms with E-state index in [2.05, 4.69) is 10.3 Å². The second-order valence-corrected chi connectivity index (χ2v) is 5.73. The molecular formula is C20H20N2O3. The maximum atomic E-state index is 12.5. The molecule has 128 valence electrons. The molecule has 2 aromatic carbocycles. The number of anilines is 1. The van der Waals surface area contributed by atoms with Crippen LogP contribution >= 0.6 is 0 Å². The number of ether oxygens (including phenoxy) is 2. The van der Waals surface area contributed by atoms with Gasteiger partial charge >= 0.3 is 0 Å². The van der Waals surface area contributed by atoms with E-state index in [1.807, 2.05) is 43.3 Å². The number of methoxy groups -OCH3 is 1. The van der Waals surface area contributed by atoms with Crippen molar-refractivity contribution < 1.29 is 14.3 Å². The Balaban J connectivity index is 1.79. The number of hydrogen-bond donors (Lipinski definition) is 1. The van der Waals surface area contributed by atoms with Crippen molar-refractivity contribution in [2.45, 2.75) is 20.0 Å². The molecule has 5 heteroatoms. The van der Waals surface area contributed by atoms with E-state index >= 15 is 0 Å². The molecule has 0 aliphatic heterocycles. The van der Waals surface area contributed by atoms with Gasteiger partial charge in [0.2, 0.25) is 0 Å². The van der Waals surface area contributed by atoms with Crippen LogP contribution in [-0.2, 0) is 4.79 Å². The molecule has 1 N–H and O–H groups in total. The largest absolute Gasteiger partial charge is 0.493 e. The summed E-state index contributed by atoms with van der Waals surface area (Å²) in [6.45, 7) is 3.70. The molecule has 1 heterocycles. The van der Waals surface area contributed by atoms with Crippen molar-refractivity contribution in [3.63, 3.8) is 0 Å². The highest BCUT2D eigenvalue weighted by molar-refractivity contribution is 6.03. The number of aromatic nitrogens is 1. The fraction of sp³-hybridized carbons (Fsp3) is 0.200. The van der Waals surface area contributed by atoms with Gasteiger partial charge in [0, 0.05) is 11.6 Å². The number of pyridine rings is 1. The number of nitrogens with one attached hydrogen (secondary N) is 1. The Labute approximate surface area is 146 Å². The highest BCUT2D eigenvalue weighted by Crippen LogP contribution is 2.28. The van der Waals surface area contributed by atoms with Crippen LogP contribution in [0.25, 0.3) is 10.9 Å². The Bertz CT molecular complexity index is 908. The lowest BCUT2D eigenvalue weighted by Gasteiger charge is -2.17. The fourth-order valence-electron chi connectivity index (χ4n) is 2.62. The van der Waals surface area contributed by atoms with Gasteiger partial charge in [-0.05, 0) is 49.7 Å². The molecule has 0 saturated carbocycles. The first-order valence-electron chi connectivity index (χ1n) is 8.05. The van der Waals surface area contributed by atoms with Gasteiger partial charge < -0.3 is 14.8 Å². The van der Waals surface area contributed by atoms with Crippen LogP contribution in [0.2, 0.25) is 0 Å². The van der Waals surface area contributed by atoms with Crippen molar-refractivity contribution in [1.29, 1.82) is 0 Å². The molecular weight excluding hydrogens is 316 g/mol. The molecule has 1 amide bonds. The maximum absolute atomic E-state index is 12.5. The third-order valence-electron chi connectivity index (χ3n) is 3.97. The summed E-state index contributed by atoms with van der Waals surface area (Å²) in [6, 6.07) is 14.9. The van der Waals surface area contributed by atoms with Gasteiger partial charge in [-0.25, -0.2) is 0 Å². The zero-order valence-electron chi connectivity index (χ0n) is 14.4. The topological polar surface area (TPSA) is 60.5 Å². The fourth-order valence-corrected chi connectivity index (χ4v) is 2.62. The molecule has 0 fully saturated rings. The highest BCUT2D eigenvalue weighted by atomic mass is 16.5. The molecule has 1 atom stereocenters. The standard InChI is InChI=1S/C20H20N2O3/c1-13-10-11-16(15-7-6-12-21-19(13)15)22-20(23)14(2)25-18-9-5-4-8-17(18)24-3/h4-12,14H,1-3H3,(H,22,23). The van der Waals surface area contributed by atoms with Crippen LogP contribution in [0.3, 0.4) is 0 Å². The summed E-state index contributed by atoms with van der Waals surface area (Å²) in [7, 11) is 1.57. The van der Waals surface area contributed by atoms with Crippen molar-refractivity contribution in [2.24, 2.45) is 0 Å². The lowest BCUT2D eigenvalue weighted by atomic mass is 10.1. The van der Waals surface area contributed by atoms with E-state index in [0.717, 1.165) is 16.5 Å². The Kier molecular flexibility index (Phi) is 4.84. The number of nitrogens with zero attached hydrogens (tertiary/aromatic N) is 1. The zero-order chi connectivity index (χ0) is 17.8. The monoisotopic (exact) mass is 336 g/mol. The second kappa shape index (κ2) is 7.21. The van der Waals surface area contributed by atoms with Crippen molar-refractivity contribution in [3.8, 4) is 11.5 Å². The molecule has 0 spiro atoms. The number of benzene rings is 2. The van der Waals surface area contributed by atoms with E-state index in [0.29, 0.717) is 17.2 Å². The van der Waals surface area contributed by atoms with Crippen LogP contribution in [-0.4, -0.2) is 24.1 Å². The first kappa shape index (κ1) is 16.8. The minimum atomic E-state index is -0.677. The minimum Gasteiger partial charge on any atom is -0.493 e. The molecule has 1 unspecified atom stereocenters. The summed E-state index contributed by atoms with van der Waals surface area (Å²) in [5.74, 6) is 0.884. The lowest BCUT2D eigenvalue weighted by molar-refractivity contribution is -0.122. The number of fused-ring (bicyclic) bond motifs is 1. The summed E-state index contributed by atoms with van der Waals surface area (Å²) in [6.07, 6.45) is 1.07. The molecule has 5 nitrogen and oxygen atoms in total. The Morgan fingerprint density at radius 2 is 1.84 bits per heavy atom. The molecule has 3 aromatic rings. The molecule has 0 aliphatic carbocycles. The average molecular weight is 336 g/mol. The highest BCUT2D eigenvalue weighted by Gasteiger charge is 2.18. The van der Waals surface area contributed by atoms with Crippen LogP contribution in [0.4, 0.5) is 5.69 Å². The molecule has 0 aliphatic rings. The van der Waals surface area contributed by atoms with Gasteiger partial charge in [0.1, 0.15) is 0 Å². The second-order valence-electron chi connectivity index (χ2n) is 5.73. The smallest absolute Gasteiger partial charge is 0.265 e. The lowest BCUT2D eigenvalue weighted by Crippen LogP contribution is -2.30. The van der Waals surface area contributed by atoms with Crippen LogP contribution < -0.4 is 14.8 Å². The van der Waals surface area contributed by atoms with E-state index in [1.165, 1.54) is 0 Å². The Hall–Kier alpha value is -3.08. The number of hydrogen-bond acceptors (Lipinski definition) is 4. The first-order chi connectivity index (χ1) is 12.1. The summed E-state index contributed by atoms with van der Waals surface area (Å²) in [5.41, 5.74) is 2.65. The van der Waals surface area contributed by atoms with E-state index in [4.69, 9.17) is 9.47 Å². The summed E-state index contributed by atoms with van der Waals surface area (Å²) >= 11 is 0. The normalized spacial score (nSPS) is 11.8. The molecule has 3 rings (SSSR count). The van der Waals surface area contributed by atoms with E-state index < -0.39 is 6.10 Å². The predicted molar refractivity (Wildman–Crippen MR) is 98.2 cm³/mol. The summed E-state index contributed by atoms with van der Waals surface area (Å²) in [4.78, 5) is 16.9. The van der Waals surface area contributed by atoms with E-state index in [9.17, 15) is 4.79 Å². The van der Waals surface area contributed by atoms with Crippen molar-refractivity contribution in [3.05, 3.63) is 60.3 Å². The van der Waals surface area contributed by atoms with Crippen LogP contribution in [0.1, 0.15) is 12.5 Å². The number of rotatable bonds is 5. The quantitative estimate of drug-likeness (QED) is 0.766. The first-order valence-corrected chi connectivity index (χ1v) is 8.05. The van der Waals surface area contributed by atoms with Crippen LogP contribution in [0.15, 0.2) is 54.7 Å². The Morgan fingerprint density at radius 3 is 2.60 bits per heavy atom. The number of amides is 1. The van der Waals surface area contributed by atoms with Gasteiger partial charge in [0.05, 0.1) is 18.3 Å². The third kappa shape index (κ3) is 3.55. The zero-order valence-corrected chi connectivity index (χ0v) is 14.4. The predicted octanol–water partition coefficient (Wildman–Crippen LogP) is 3.96.